The first-order chi connectivity index (χ1) is 11.6. The third kappa shape index (κ3) is 2.50. The SMILES string of the molecule is CC(=O)N1C(=O)O[C@@H]2C1[C@H](S)OC1COC(c3ccccc3)O[C@H]12. The van der Waals surface area contributed by atoms with Gasteiger partial charge in [0.15, 0.2) is 12.4 Å². The van der Waals surface area contributed by atoms with Crippen molar-refractivity contribution in [3.05, 3.63) is 35.9 Å². The van der Waals surface area contributed by atoms with Crippen molar-refractivity contribution in [1.82, 2.24) is 4.90 Å². The Labute approximate surface area is 144 Å². The van der Waals surface area contributed by atoms with Gasteiger partial charge in [-0.3, -0.25) is 4.79 Å². The van der Waals surface area contributed by atoms with E-state index in [4.69, 9.17) is 18.9 Å². The number of carbonyl (C=O) groups is 2. The van der Waals surface area contributed by atoms with Gasteiger partial charge in [-0.2, -0.15) is 0 Å². The fraction of sp³-hybridized carbons (Fsp3) is 0.500. The number of imide groups is 1. The van der Waals surface area contributed by atoms with E-state index in [0.717, 1.165) is 10.5 Å². The van der Waals surface area contributed by atoms with Crippen molar-refractivity contribution in [1.29, 1.82) is 0 Å². The molecule has 4 rings (SSSR count). The van der Waals surface area contributed by atoms with Gasteiger partial charge >= 0.3 is 6.09 Å². The summed E-state index contributed by atoms with van der Waals surface area (Å²) in [6, 6.07) is 8.88. The van der Waals surface area contributed by atoms with E-state index in [-0.39, 0.29) is 0 Å². The third-order valence-corrected chi connectivity index (χ3v) is 4.90. The highest BCUT2D eigenvalue weighted by atomic mass is 32.1. The summed E-state index contributed by atoms with van der Waals surface area (Å²) < 4.78 is 23.0. The highest BCUT2D eigenvalue weighted by molar-refractivity contribution is 7.80. The normalized spacial score (nSPS) is 38.2. The van der Waals surface area contributed by atoms with Gasteiger partial charge in [-0.25, -0.2) is 9.69 Å². The van der Waals surface area contributed by atoms with Crippen molar-refractivity contribution in [2.45, 2.75) is 43.0 Å². The Morgan fingerprint density at radius 3 is 2.67 bits per heavy atom. The molecule has 2 amide bonds. The number of thiol groups is 1. The second-order valence-corrected chi connectivity index (χ2v) is 6.48. The number of amides is 2. The number of hydrogen-bond donors (Lipinski definition) is 1. The Bertz CT molecular complexity index is 655. The Hall–Kier alpha value is -1.61. The number of ether oxygens (including phenoxy) is 4. The van der Waals surface area contributed by atoms with Crippen molar-refractivity contribution < 1.29 is 28.5 Å². The summed E-state index contributed by atoms with van der Waals surface area (Å²) in [6.45, 7) is 1.61. The number of rotatable bonds is 1. The summed E-state index contributed by atoms with van der Waals surface area (Å²) >= 11 is 4.38. The molecular weight excluding hydrogens is 334 g/mol. The van der Waals surface area contributed by atoms with Crippen molar-refractivity contribution in [3.8, 4) is 0 Å². The summed E-state index contributed by atoms with van der Waals surface area (Å²) in [5.41, 5.74) is 0.223. The number of carbonyl (C=O) groups excluding carboxylic acids is 2. The topological polar surface area (TPSA) is 74.3 Å². The van der Waals surface area contributed by atoms with Gasteiger partial charge in [0.25, 0.3) is 0 Å². The van der Waals surface area contributed by atoms with Gasteiger partial charge in [0.2, 0.25) is 5.91 Å². The van der Waals surface area contributed by atoms with Crippen LogP contribution in [0.3, 0.4) is 0 Å². The van der Waals surface area contributed by atoms with Crippen molar-refractivity contribution in [2.24, 2.45) is 0 Å². The zero-order chi connectivity index (χ0) is 16.8. The van der Waals surface area contributed by atoms with E-state index >= 15 is 0 Å². The predicted octanol–water partition coefficient (Wildman–Crippen LogP) is 1.49. The lowest BCUT2D eigenvalue weighted by atomic mass is 9.96. The molecule has 3 aliphatic rings. The first kappa shape index (κ1) is 15.9. The number of nitrogens with zero attached hydrogens (tertiary/aromatic N) is 1. The zero-order valence-corrected chi connectivity index (χ0v) is 13.8. The molecule has 3 aliphatic heterocycles. The fourth-order valence-electron chi connectivity index (χ4n) is 3.40. The summed E-state index contributed by atoms with van der Waals surface area (Å²) in [7, 11) is 0. The van der Waals surface area contributed by atoms with Crippen LogP contribution in [0.15, 0.2) is 30.3 Å². The van der Waals surface area contributed by atoms with Crippen LogP contribution in [-0.4, -0.2) is 53.3 Å². The average Bonchev–Trinajstić information content (AvgIpc) is 2.94. The number of benzene rings is 1. The largest absolute Gasteiger partial charge is 0.441 e. The smallest absolute Gasteiger partial charge is 0.417 e. The quantitative estimate of drug-likeness (QED) is 0.773. The van der Waals surface area contributed by atoms with Gasteiger partial charge in [0, 0.05) is 12.5 Å². The highest BCUT2D eigenvalue weighted by Gasteiger charge is 2.58. The molecule has 0 aromatic heterocycles. The van der Waals surface area contributed by atoms with Crippen LogP contribution in [0.1, 0.15) is 18.8 Å². The molecule has 6 atom stereocenters. The monoisotopic (exact) mass is 351 g/mol. The van der Waals surface area contributed by atoms with Crippen LogP contribution in [0.25, 0.3) is 0 Å². The van der Waals surface area contributed by atoms with E-state index in [2.05, 4.69) is 12.6 Å². The second-order valence-electron chi connectivity index (χ2n) is 5.97. The Morgan fingerprint density at radius 1 is 1.21 bits per heavy atom. The maximum Gasteiger partial charge on any atom is 0.417 e. The van der Waals surface area contributed by atoms with E-state index in [0.29, 0.717) is 6.61 Å². The molecule has 3 fully saturated rings. The fourth-order valence-corrected chi connectivity index (χ4v) is 3.86. The summed E-state index contributed by atoms with van der Waals surface area (Å²) in [4.78, 5) is 24.9. The van der Waals surface area contributed by atoms with Gasteiger partial charge < -0.3 is 18.9 Å². The Balaban J connectivity index is 1.60. The molecule has 0 radical (unpaired) electrons. The minimum absolute atomic E-state index is 0.294. The third-order valence-electron chi connectivity index (χ3n) is 4.47. The maximum atomic E-state index is 12.1. The minimum atomic E-state index is -0.688. The lowest BCUT2D eigenvalue weighted by Gasteiger charge is -2.45. The lowest BCUT2D eigenvalue weighted by molar-refractivity contribution is -0.302. The minimum Gasteiger partial charge on any atom is -0.441 e. The van der Waals surface area contributed by atoms with Crippen LogP contribution in [0, 0.1) is 0 Å². The Kier molecular flexibility index (Phi) is 4.00. The molecule has 0 saturated carbocycles. The second kappa shape index (κ2) is 6.03. The molecule has 0 spiro atoms. The lowest BCUT2D eigenvalue weighted by Crippen LogP contribution is -2.62. The molecular formula is C16H17NO6S. The predicted molar refractivity (Wildman–Crippen MR) is 84.2 cm³/mol. The van der Waals surface area contributed by atoms with Crippen LogP contribution in [-0.2, 0) is 23.7 Å². The average molecular weight is 351 g/mol. The zero-order valence-electron chi connectivity index (χ0n) is 12.9. The van der Waals surface area contributed by atoms with Gasteiger partial charge in [-0.1, -0.05) is 30.3 Å². The van der Waals surface area contributed by atoms with Crippen LogP contribution in [0.4, 0.5) is 4.79 Å². The Morgan fingerprint density at radius 2 is 1.96 bits per heavy atom. The van der Waals surface area contributed by atoms with Crippen molar-refractivity contribution in [3.63, 3.8) is 0 Å². The molecule has 3 unspecified atom stereocenters. The molecule has 3 saturated heterocycles. The number of hydrogen-bond acceptors (Lipinski definition) is 7. The first-order valence-electron chi connectivity index (χ1n) is 7.72. The molecule has 8 heteroatoms. The standard InChI is InChI=1S/C16H17NO6S/c1-8(18)17-11-13(23-16(17)19)12-10(21-15(11)24)7-20-14(22-12)9-5-3-2-4-6-9/h2-6,10-15,24H,7H2,1H3/t10?,11?,12-,13-,14?,15+/m1/s1. The van der Waals surface area contributed by atoms with E-state index < -0.39 is 48.1 Å². The molecule has 0 bridgehead atoms. The van der Waals surface area contributed by atoms with Crippen LogP contribution < -0.4 is 0 Å². The maximum absolute atomic E-state index is 12.1. The molecule has 7 nitrogen and oxygen atoms in total. The summed E-state index contributed by atoms with van der Waals surface area (Å²) in [5, 5.41) is 0. The van der Waals surface area contributed by atoms with Crippen LogP contribution >= 0.6 is 12.6 Å². The van der Waals surface area contributed by atoms with E-state index in [1.807, 2.05) is 30.3 Å². The van der Waals surface area contributed by atoms with Crippen molar-refractivity contribution in [2.75, 3.05) is 6.61 Å². The van der Waals surface area contributed by atoms with Gasteiger partial charge in [0.05, 0.1) is 6.61 Å². The van der Waals surface area contributed by atoms with Gasteiger partial charge in [-0.15, -0.1) is 12.6 Å². The van der Waals surface area contributed by atoms with Gasteiger partial charge in [-0.05, 0) is 0 Å². The van der Waals surface area contributed by atoms with Crippen LogP contribution in [0.2, 0.25) is 0 Å². The molecule has 0 N–H and O–H groups in total. The molecule has 1 aromatic carbocycles. The van der Waals surface area contributed by atoms with E-state index in [9.17, 15) is 9.59 Å². The summed E-state index contributed by atoms with van der Waals surface area (Å²) in [5.74, 6) is -0.403. The highest BCUT2D eigenvalue weighted by Crippen LogP contribution is 2.40. The molecule has 1 aromatic rings. The molecule has 128 valence electrons. The molecule has 24 heavy (non-hydrogen) atoms. The summed E-state index contributed by atoms with van der Waals surface area (Å²) in [6.07, 6.45) is -2.82. The van der Waals surface area contributed by atoms with Crippen molar-refractivity contribution >= 4 is 24.6 Å². The van der Waals surface area contributed by atoms with Crippen LogP contribution in [0.5, 0.6) is 0 Å². The van der Waals surface area contributed by atoms with E-state index in [1.54, 1.807) is 0 Å². The molecule has 3 heterocycles. The van der Waals surface area contributed by atoms with E-state index in [1.165, 1.54) is 6.92 Å². The molecule has 0 aliphatic carbocycles. The first-order valence-corrected chi connectivity index (χ1v) is 8.24. The number of fused-ring (bicyclic) bond motifs is 3. The van der Waals surface area contributed by atoms with Gasteiger partial charge in [0.1, 0.15) is 23.7 Å².